The third-order valence-corrected chi connectivity index (χ3v) is 8.68. The second-order valence-corrected chi connectivity index (χ2v) is 11.3. The molecule has 1 N–H and O–H groups in total. The molecule has 0 spiro atoms. The monoisotopic (exact) mass is 579 g/mol. The number of aryl methyl sites for hydroxylation is 3. The van der Waals surface area contributed by atoms with Gasteiger partial charge in [0.15, 0.2) is 6.23 Å². The number of likely N-dealkylation sites (tertiary alicyclic amines) is 1. The molecule has 0 bridgehead atoms. The first kappa shape index (κ1) is 33.1. The summed E-state index contributed by atoms with van der Waals surface area (Å²) in [6, 6.07) is 11.0. The SMILES string of the molecule is CCCC(NC(=O)N1C(=O)C(CC)(CC)C1Oc1cc(C)c(C(=O)OCCN(CC)CC)c(C)c1)c1ccc(C)cc1. The summed E-state index contributed by atoms with van der Waals surface area (Å²) in [7, 11) is 0. The van der Waals surface area contributed by atoms with E-state index in [1.54, 1.807) is 12.1 Å². The van der Waals surface area contributed by atoms with Crippen molar-refractivity contribution in [3.63, 3.8) is 0 Å². The summed E-state index contributed by atoms with van der Waals surface area (Å²) in [6.45, 7) is 18.7. The fourth-order valence-corrected chi connectivity index (χ4v) is 5.85. The van der Waals surface area contributed by atoms with E-state index in [9.17, 15) is 14.4 Å². The second-order valence-electron chi connectivity index (χ2n) is 11.3. The number of ether oxygens (including phenoxy) is 2. The molecule has 3 rings (SSSR count). The van der Waals surface area contributed by atoms with Crippen molar-refractivity contribution in [2.75, 3.05) is 26.2 Å². The van der Waals surface area contributed by atoms with E-state index < -0.39 is 17.7 Å². The molecule has 2 aromatic rings. The first-order valence-electron chi connectivity index (χ1n) is 15.4. The van der Waals surface area contributed by atoms with Crippen LogP contribution in [0.3, 0.4) is 0 Å². The van der Waals surface area contributed by atoms with Crippen LogP contribution >= 0.6 is 0 Å². The molecule has 230 valence electrons. The van der Waals surface area contributed by atoms with Crippen LogP contribution in [0, 0.1) is 26.2 Å². The molecular formula is C34H49N3O5. The molecule has 3 amide bonds. The average molecular weight is 580 g/mol. The smallest absolute Gasteiger partial charge is 0.338 e. The van der Waals surface area contributed by atoms with Gasteiger partial charge in [0.05, 0.1) is 11.6 Å². The highest BCUT2D eigenvalue weighted by molar-refractivity contribution is 6.03. The average Bonchev–Trinajstić information content (AvgIpc) is 2.96. The van der Waals surface area contributed by atoms with Crippen molar-refractivity contribution in [3.8, 4) is 5.75 Å². The zero-order chi connectivity index (χ0) is 31.0. The van der Waals surface area contributed by atoms with Gasteiger partial charge in [-0.3, -0.25) is 4.79 Å². The van der Waals surface area contributed by atoms with E-state index in [4.69, 9.17) is 9.47 Å². The second kappa shape index (κ2) is 14.7. The molecule has 0 saturated carbocycles. The van der Waals surface area contributed by atoms with Crippen molar-refractivity contribution in [1.29, 1.82) is 0 Å². The predicted octanol–water partition coefficient (Wildman–Crippen LogP) is 6.71. The van der Waals surface area contributed by atoms with Gasteiger partial charge in [-0.1, -0.05) is 70.9 Å². The van der Waals surface area contributed by atoms with Gasteiger partial charge in [0.25, 0.3) is 0 Å². The van der Waals surface area contributed by atoms with Gasteiger partial charge in [-0.2, -0.15) is 0 Å². The van der Waals surface area contributed by atoms with Crippen LogP contribution in [0.15, 0.2) is 36.4 Å². The van der Waals surface area contributed by atoms with E-state index in [0.29, 0.717) is 37.3 Å². The van der Waals surface area contributed by atoms with Crippen molar-refractivity contribution in [1.82, 2.24) is 15.1 Å². The van der Waals surface area contributed by atoms with Crippen LogP contribution in [-0.4, -0.2) is 60.2 Å². The van der Waals surface area contributed by atoms with E-state index in [0.717, 1.165) is 48.2 Å². The lowest BCUT2D eigenvalue weighted by atomic mass is 9.72. The molecule has 1 fully saturated rings. The van der Waals surface area contributed by atoms with Crippen molar-refractivity contribution in [2.45, 2.75) is 93.3 Å². The Labute approximate surface area is 251 Å². The predicted molar refractivity (Wildman–Crippen MR) is 166 cm³/mol. The molecule has 0 aromatic heterocycles. The number of nitrogens with zero attached hydrogens (tertiary/aromatic N) is 2. The number of imide groups is 1. The zero-order valence-electron chi connectivity index (χ0n) is 26.7. The van der Waals surface area contributed by atoms with Crippen LogP contribution in [0.25, 0.3) is 0 Å². The number of hydrogen-bond acceptors (Lipinski definition) is 6. The van der Waals surface area contributed by atoms with Crippen LogP contribution in [0.2, 0.25) is 0 Å². The number of benzene rings is 2. The van der Waals surface area contributed by atoms with Gasteiger partial charge >= 0.3 is 12.0 Å². The minimum absolute atomic E-state index is 0.216. The lowest BCUT2D eigenvalue weighted by molar-refractivity contribution is -0.191. The molecule has 42 heavy (non-hydrogen) atoms. The van der Waals surface area contributed by atoms with E-state index >= 15 is 0 Å². The number of β-lactam (4-membered cyclic amide) rings is 1. The van der Waals surface area contributed by atoms with E-state index in [1.807, 2.05) is 58.9 Å². The molecule has 2 atom stereocenters. The van der Waals surface area contributed by atoms with Crippen molar-refractivity contribution in [2.24, 2.45) is 5.41 Å². The van der Waals surface area contributed by atoms with Crippen LogP contribution in [0.4, 0.5) is 4.79 Å². The molecule has 1 aliphatic heterocycles. The Kier molecular flexibility index (Phi) is 11.6. The normalized spacial score (nSPS) is 16.6. The lowest BCUT2D eigenvalue weighted by Crippen LogP contribution is -2.73. The molecule has 8 heteroatoms. The number of rotatable bonds is 14. The van der Waals surface area contributed by atoms with Gasteiger partial charge in [0, 0.05) is 6.54 Å². The van der Waals surface area contributed by atoms with Gasteiger partial charge in [-0.25, -0.2) is 14.5 Å². The zero-order valence-corrected chi connectivity index (χ0v) is 26.7. The topological polar surface area (TPSA) is 88.2 Å². The highest BCUT2D eigenvalue weighted by Gasteiger charge is 2.63. The van der Waals surface area contributed by atoms with Gasteiger partial charge < -0.3 is 19.7 Å². The number of likely N-dealkylation sites (N-methyl/N-ethyl adjacent to an activating group) is 1. The fraction of sp³-hybridized carbons (Fsp3) is 0.559. The largest absolute Gasteiger partial charge is 0.469 e. The Morgan fingerprint density at radius 3 is 2.10 bits per heavy atom. The number of urea groups is 1. The van der Waals surface area contributed by atoms with Gasteiger partial charge in [-0.05, 0) is 81.9 Å². The molecular weight excluding hydrogens is 530 g/mol. The molecule has 0 aliphatic carbocycles. The summed E-state index contributed by atoms with van der Waals surface area (Å²) < 4.78 is 12.0. The molecule has 8 nitrogen and oxygen atoms in total. The number of carbonyl (C=O) groups excluding carboxylic acids is 3. The Bertz CT molecular complexity index is 1210. The Hall–Kier alpha value is -3.39. The van der Waals surface area contributed by atoms with Gasteiger partial charge in [0.1, 0.15) is 17.8 Å². The quantitative estimate of drug-likeness (QED) is 0.198. The maximum absolute atomic E-state index is 13.6. The summed E-state index contributed by atoms with van der Waals surface area (Å²) in [5.41, 5.74) is 3.31. The van der Waals surface area contributed by atoms with Crippen LogP contribution in [-0.2, 0) is 9.53 Å². The third-order valence-electron chi connectivity index (χ3n) is 8.68. The first-order chi connectivity index (χ1) is 20.1. The lowest BCUT2D eigenvalue weighted by Gasteiger charge is -2.53. The van der Waals surface area contributed by atoms with Gasteiger partial charge in [0.2, 0.25) is 5.91 Å². The van der Waals surface area contributed by atoms with Crippen molar-refractivity contribution >= 4 is 17.9 Å². The highest BCUT2D eigenvalue weighted by atomic mass is 16.5. The summed E-state index contributed by atoms with van der Waals surface area (Å²) in [5, 5.41) is 3.09. The maximum Gasteiger partial charge on any atom is 0.338 e. The summed E-state index contributed by atoms with van der Waals surface area (Å²) in [4.78, 5) is 43.5. The van der Waals surface area contributed by atoms with Crippen molar-refractivity contribution < 1.29 is 23.9 Å². The molecule has 2 aromatic carbocycles. The molecule has 1 saturated heterocycles. The third kappa shape index (κ3) is 6.97. The molecule has 1 heterocycles. The Morgan fingerprint density at radius 1 is 0.976 bits per heavy atom. The summed E-state index contributed by atoms with van der Waals surface area (Å²) in [6.07, 6.45) is 1.96. The molecule has 1 aliphatic rings. The highest BCUT2D eigenvalue weighted by Crippen LogP contribution is 2.46. The maximum atomic E-state index is 13.6. The fourth-order valence-electron chi connectivity index (χ4n) is 5.85. The number of esters is 1. The summed E-state index contributed by atoms with van der Waals surface area (Å²) in [5.74, 6) is -0.0797. The van der Waals surface area contributed by atoms with Crippen molar-refractivity contribution in [3.05, 3.63) is 64.2 Å². The van der Waals surface area contributed by atoms with Crippen LogP contribution in [0.1, 0.15) is 99.0 Å². The van der Waals surface area contributed by atoms with Crippen LogP contribution < -0.4 is 10.1 Å². The minimum Gasteiger partial charge on any atom is -0.469 e. The Balaban J connectivity index is 1.81. The first-order valence-corrected chi connectivity index (χ1v) is 15.4. The number of amides is 3. The van der Waals surface area contributed by atoms with Gasteiger partial charge in [-0.15, -0.1) is 0 Å². The molecule has 0 radical (unpaired) electrons. The number of carbonyl (C=O) groups is 3. The Morgan fingerprint density at radius 2 is 1.57 bits per heavy atom. The van der Waals surface area contributed by atoms with E-state index in [2.05, 4.69) is 31.0 Å². The van der Waals surface area contributed by atoms with Crippen LogP contribution in [0.5, 0.6) is 5.75 Å². The molecule has 2 unspecified atom stereocenters. The summed E-state index contributed by atoms with van der Waals surface area (Å²) >= 11 is 0. The number of nitrogens with one attached hydrogen (secondary N) is 1. The standard InChI is InChI=1S/C34H49N3O5/c1-9-14-28(26-17-15-23(6)16-18-26)35-33(40)37-31(39)34(10-2,11-3)32(37)42-27-21-24(7)29(25(8)22-27)30(38)41-20-19-36(12-4)13-5/h15-18,21-22,28,32H,9-14,19-20H2,1-8H3,(H,35,40). The van der Waals surface area contributed by atoms with E-state index in [1.165, 1.54) is 4.90 Å². The minimum atomic E-state index is -0.800. The van der Waals surface area contributed by atoms with E-state index in [-0.39, 0.29) is 17.9 Å². The number of hydrogen-bond donors (Lipinski definition) is 1.